The van der Waals surface area contributed by atoms with Gasteiger partial charge in [0.2, 0.25) is 0 Å². The van der Waals surface area contributed by atoms with E-state index in [1.54, 1.807) is 11.8 Å². The van der Waals surface area contributed by atoms with Crippen molar-refractivity contribution in [2.24, 2.45) is 0 Å². The van der Waals surface area contributed by atoms with Crippen LogP contribution >= 0.6 is 11.8 Å². The van der Waals surface area contributed by atoms with Crippen LogP contribution in [0.5, 0.6) is 11.5 Å². The molecule has 0 amide bonds. The first-order valence-corrected chi connectivity index (χ1v) is 56.9. The molecule has 1 fully saturated rings. The molecule has 0 unspecified atom stereocenters. The fraction of sp³-hybridized carbons (Fsp3) is 0.399. The monoisotopic (exact) mass is 1990 g/mol. The minimum absolute atomic E-state index is 0.879. The zero-order valence-corrected chi connectivity index (χ0v) is 98.4. The molecular formula is C143H198N2OS. The summed E-state index contributed by atoms with van der Waals surface area (Å²) in [6.07, 6.45) is 38.1. The third kappa shape index (κ3) is 65.4. The molecule has 792 valence electrons. The highest BCUT2D eigenvalue weighted by Crippen LogP contribution is 2.30. The predicted molar refractivity (Wildman–Crippen MR) is 659 cm³/mol. The Balaban J connectivity index is 0.000000414. The Morgan fingerprint density at radius 3 is 0.735 bits per heavy atom. The first kappa shape index (κ1) is 130. The van der Waals surface area contributed by atoms with Gasteiger partial charge in [0.15, 0.2) is 0 Å². The fourth-order valence-electron chi connectivity index (χ4n) is 15.0. The Morgan fingerprint density at radius 1 is 0.224 bits per heavy atom. The van der Waals surface area contributed by atoms with Crippen LogP contribution < -0.4 is 4.74 Å². The maximum Gasteiger partial charge on any atom is 0.127 e. The summed E-state index contributed by atoms with van der Waals surface area (Å²) >= 11 is 1.80. The van der Waals surface area contributed by atoms with Crippen LogP contribution in [0.3, 0.4) is 0 Å². The van der Waals surface area contributed by atoms with Crippen LogP contribution in [-0.4, -0.2) is 50.1 Å². The van der Waals surface area contributed by atoms with Crippen molar-refractivity contribution in [3.05, 3.63) is 462 Å². The molecule has 0 aromatic heterocycles. The van der Waals surface area contributed by atoms with E-state index in [0.717, 1.165) is 37.2 Å². The molecule has 1 saturated heterocycles. The second-order valence-corrected chi connectivity index (χ2v) is 41.6. The highest BCUT2D eigenvalue weighted by molar-refractivity contribution is 7.99. The summed E-state index contributed by atoms with van der Waals surface area (Å²) in [5.74, 6) is 1.76. The van der Waals surface area contributed by atoms with E-state index in [4.69, 9.17) is 4.74 Å². The van der Waals surface area contributed by atoms with Crippen LogP contribution in [0.25, 0.3) is 22.3 Å². The summed E-state index contributed by atoms with van der Waals surface area (Å²) < 4.78 is 5.69. The number of unbranched alkanes of at least 4 members (excludes halogenated alkanes) is 16. The molecule has 0 bridgehead atoms. The van der Waals surface area contributed by atoms with Crippen molar-refractivity contribution in [2.75, 3.05) is 40.3 Å². The third-order valence-corrected chi connectivity index (χ3v) is 26.6. The van der Waals surface area contributed by atoms with Gasteiger partial charge >= 0.3 is 0 Å². The molecule has 1 heterocycles. The van der Waals surface area contributed by atoms with E-state index in [9.17, 15) is 0 Å². The zero-order chi connectivity index (χ0) is 108. The average Bonchev–Trinajstić information content (AvgIpc) is 0.828. The van der Waals surface area contributed by atoms with Crippen molar-refractivity contribution in [3.63, 3.8) is 0 Å². The second-order valence-electron chi connectivity index (χ2n) is 40.4. The van der Waals surface area contributed by atoms with Gasteiger partial charge < -0.3 is 14.5 Å². The molecule has 3 nitrogen and oxygen atoms in total. The number of nitrogens with zero attached hydrogens (tertiary/aromatic N) is 2. The van der Waals surface area contributed by atoms with Gasteiger partial charge in [0.25, 0.3) is 0 Å². The molecule has 1 aliphatic rings. The van der Waals surface area contributed by atoms with E-state index >= 15 is 0 Å². The molecule has 4 heteroatoms. The first-order chi connectivity index (χ1) is 70.8. The van der Waals surface area contributed by atoms with Crippen LogP contribution in [0.4, 0.5) is 0 Å². The van der Waals surface area contributed by atoms with Crippen molar-refractivity contribution >= 4 is 11.8 Å². The predicted octanol–water partition coefficient (Wildman–Crippen LogP) is 42.7. The van der Waals surface area contributed by atoms with Gasteiger partial charge in [0.1, 0.15) is 11.5 Å². The van der Waals surface area contributed by atoms with E-state index in [1.807, 2.05) is 48.5 Å². The van der Waals surface area contributed by atoms with Crippen LogP contribution in [0.15, 0.2) is 350 Å². The van der Waals surface area contributed by atoms with Crippen LogP contribution in [0.1, 0.15) is 320 Å². The molecule has 14 aromatic rings. The Labute approximate surface area is 906 Å². The second kappa shape index (κ2) is 81.8. The molecule has 0 atom stereocenters. The van der Waals surface area contributed by atoms with Gasteiger partial charge in [-0.15, -0.1) is 0 Å². The Bertz CT molecular complexity index is 5040. The molecule has 15 rings (SSSR count). The highest BCUT2D eigenvalue weighted by atomic mass is 32.2. The summed E-state index contributed by atoms with van der Waals surface area (Å²) in [4.78, 5) is 7.31. The normalized spacial score (nSPS) is 11.0. The molecule has 0 saturated carbocycles. The van der Waals surface area contributed by atoms with Gasteiger partial charge in [0.05, 0.1) is 0 Å². The zero-order valence-electron chi connectivity index (χ0n) is 97.5. The number of allylic oxidation sites excluding steroid dienone is 2. The van der Waals surface area contributed by atoms with E-state index in [2.05, 4.69) is 495 Å². The third-order valence-electron chi connectivity index (χ3n) is 25.6. The molecule has 0 aliphatic carbocycles. The van der Waals surface area contributed by atoms with Gasteiger partial charge in [-0.1, -0.05) is 560 Å². The van der Waals surface area contributed by atoms with Gasteiger partial charge in [-0.2, -0.15) is 0 Å². The largest absolute Gasteiger partial charge is 0.457 e. The molecule has 14 aromatic carbocycles. The smallest absolute Gasteiger partial charge is 0.127 e. The summed E-state index contributed by atoms with van der Waals surface area (Å²) in [6.45, 7) is 61.0. The lowest BCUT2D eigenvalue weighted by Crippen LogP contribution is -2.42. The molecule has 0 spiro atoms. The molecule has 147 heavy (non-hydrogen) atoms. The average molecular weight is 1990 g/mol. The highest BCUT2D eigenvalue weighted by Gasteiger charge is 2.09. The molecule has 0 radical (unpaired) electrons. The van der Waals surface area contributed by atoms with Crippen molar-refractivity contribution < 1.29 is 4.74 Å². The number of piperazine rings is 1. The van der Waals surface area contributed by atoms with Crippen LogP contribution in [0.2, 0.25) is 0 Å². The van der Waals surface area contributed by atoms with E-state index in [-0.39, 0.29) is 0 Å². The van der Waals surface area contributed by atoms with Gasteiger partial charge in [-0.3, -0.25) is 0 Å². The number of benzene rings is 14. The van der Waals surface area contributed by atoms with Gasteiger partial charge in [-0.25, -0.2) is 0 Å². The van der Waals surface area contributed by atoms with E-state index in [1.165, 1.54) is 315 Å². The van der Waals surface area contributed by atoms with Gasteiger partial charge in [0, 0.05) is 36.0 Å². The van der Waals surface area contributed by atoms with E-state index < -0.39 is 0 Å². The summed E-state index contributed by atoms with van der Waals surface area (Å²) in [5.41, 5.74) is 34.7. The first-order valence-electron chi connectivity index (χ1n) is 56.1. The lowest BCUT2D eigenvalue weighted by atomic mass is 9.98. The number of aryl methyl sites for hydroxylation is 20. The number of ether oxygens (including phenoxy) is 1. The number of hydrogen-bond donors (Lipinski definition) is 0. The summed E-state index contributed by atoms with van der Waals surface area (Å²) in [7, 11) is 4.35. The summed E-state index contributed by atoms with van der Waals surface area (Å²) in [6, 6.07) is 116. The number of rotatable bonds is 30. The van der Waals surface area contributed by atoms with Crippen molar-refractivity contribution in [1.29, 1.82) is 0 Å². The molecule has 1 aliphatic heterocycles. The SMILES string of the molecule is CCC=CCCC.CCCCCC.CCCCCCCC.CCCCCCCCCC.CCc1cccc(C)c1.CN1CCN(C)CC1.Cc1ccc(-c2ccc(C)c(C)c2)cc1C.Cc1ccc(-c2ccc(C)cc2)cc1.Cc1ccc(C)cc1.Cc1ccc(CCc2ccc(C)cc2)cc1.Cc1ccc(Cc2ccc(C)cc2)cc1.Cc1ccc(Oc2ccc(C)cc2)cc1.Cc1ccc(Sc2ccc(C)cc2)cc1. The number of likely N-dealkylation sites (N-methyl/N-ethyl adjacent to an activating group) is 2. The maximum absolute atomic E-state index is 5.69. The molecule has 0 N–H and O–H groups in total. The van der Waals surface area contributed by atoms with Crippen molar-refractivity contribution in [1.82, 2.24) is 9.80 Å². The quantitative estimate of drug-likeness (QED) is 0.0329. The van der Waals surface area contributed by atoms with Gasteiger partial charge in [-0.05, 0) is 291 Å². The minimum Gasteiger partial charge on any atom is -0.457 e. The van der Waals surface area contributed by atoms with Crippen LogP contribution in [0, 0.1) is 118 Å². The van der Waals surface area contributed by atoms with E-state index in [0.29, 0.717) is 0 Å². The topological polar surface area (TPSA) is 15.7 Å². The van der Waals surface area contributed by atoms with Crippen molar-refractivity contribution in [2.45, 2.75) is 350 Å². The molecular weight excluding hydrogens is 1790 g/mol. The standard InChI is InChI=1S/2C16H18.C15H16.C14H14O.C14H14S.C14H14.C10H22.C9H12.C8H10.C8H18.C7H14.C6H14N2.C6H14/c1-11-5-7-15(9-13(11)3)16-8-6-12(2)14(4)10-16;1-13-3-7-15(8-4-13)11-12-16-9-5-14(2)6-10-16;1-12-3-7-14(8-4-12)11-15-9-5-13(2)6-10-15;2*1-11-3-7-13(8-4-11)15-14-9-5-12(2)6-10-14;1-11-3-7-13(8-4-11)14-9-5-12(2)6-10-14;1-3-5-7-9-10-8-6-4-2;1-3-9-6-4-5-8(2)7-9;1-7-3-5-8(2)6-4-7;1-3-5-7-8-6-4-2;1-3-5-7-6-4-2;1-7-3-5-8(2)6-4-7;1-3-5-6-4-2/h5-10H,1-4H3;3-10H,11-12H2,1-2H3;3-10H,11H2,1-2H3;2*3-10H,1-2H3;3-10H,1-2H3;3-10H2,1-2H3;4-7H,3H2,1-2H3;3-6H,1-2H3;3-8H2,1-2H3;5,7H,3-4,6H2,1-2H3;3-6H2,1-2H3;3-6H2,1-2H3. The Morgan fingerprint density at radius 2 is 0.476 bits per heavy atom. The lowest BCUT2D eigenvalue weighted by Gasteiger charge is -2.28. The van der Waals surface area contributed by atoms with Crippen molar-refractivity contribution in [3.8, 4) is 33.8 Å². The maximum atomic E-state index is 5.69. The minimum atomic E-state index is 0.879. The van der Waals surface area contributed by atoms with Crippen LogP contribution in [-0.2, 0) is 25.7 Å². The summed E-state index contributed by atoms with van der Waals surface area (Å²) in [5, 5.41) is 0. The Kier molecular flexibility index (Phi) is 72.4. The fourth-order valence-corrected chi connectivity index (χ4v) is 15.8. The number of hydrogen-bond acceptors (Lipinski definition) is 4. The Hall–Kier alpha value is -11.1. The lowest BCUT2D eigenvalue weighted by molar-refractivity contribution is 0.181.